The molecule has 0 atom stereocenters. The minimum atomic E-state index is -0.354. The summed E-state index contributed by atoms with van der Waals surface area (Å²) in [5.41, 5.74) is 5.27. The number of hydrogen-bond donors (Lipinski definition) is 0. The Morgan fingerprint density at radius 1 is 1.19 bits per heavy atom. The molecule has 0 unspecified atom stereocenters. The number of aryl methyl sites for hydroxylation is 1. The fraction of sp³-hybridized carbons (Fsp3) is 0.208. The Morgan fingerprint density at radius 2 is 2.06 bits per heavy atom. The van der Waals surface area contributed by atoms with Crippen LogP contribution in [0.2, 0.25) is 0 Å². The first-order valence-corrected chi connectivity index (χ1v) is 11.9. The summed E-state index contributed by atoms with van der Waals surface area (Å²) in [6.07, 6.45) is 3.78. The lowest BCUT2D eigenvalue weighted by Crippen LogP contribution is -2.20. The number of esters is 1. The van der Waals surface area contributed by atoms with E-state index in [4.69, 9.17) is 9.72 Å². The lowest BCUT2D eigenvalue weighted by molar-refractivity contribution is 0.0491. The Balaban J connectivity index is 1.49. The molecule has 0 bridgehead atoms. The average Bonchev–Trinajstić information content (AvgIpc) is 3.50. The summed E-state index contributed by atoms with van der Waals surface area (Å²) in [6.45, 7) is 2.39. The number of benzene rings is 1. The van der Waals surface area contributed by atoms with E-state index in [0.29, 0.717) is 12.1 Å². The number of rotatable bonds is 5. The second-order valence-corrected chi connectivity index (χ2v) is 9.25. The SMILES string of the molecule is Cc1csc(=O)n1CCOC(=O)c1c2c(nc3ccccc13)/C(=C/c1cccs1)CC2. The van der Waals surface area contributed by atoms with E-state index >= 15 is 0 Å². The third kappa shape index (κ3) is 3.75. The number of para-hydroxylation sites is 1. The molecule has 0 N–H and O–H groups in total. The normalized spacial score (nSPS) is 14.3. The summed E-state index contributed by atoms with van der Waals surface area (Å²) >= 11 is 2.85. The van der Waals surface area contributed by atoms with Gasteiger partial charge in [-0.3, -0.25) is 9.36 Å². The summed E-state index contributed by atoms with van der Waals surface area (Å²) in [7, 11) is 0. The van der Waals surface area contributed by atoms with Gasteiger partial charge in [0.2, 0.25) is 0 Å². The van der Waals surface area contributed by atoms with Crippen LogP contribution in [-0.4, -0.2) is 22.1 Å². The van der Waals surface area contributed by atoms with Gasteiger partial charge in [-0.15, -0.1) is 11.3 Å². The first-order chi connectivity index (χ1) is 15.1. The fourth-order valence-corrected chi connectivity index (χ4v) is 5.48. The monoisotopic (exact) mass is 448 g/mol. The minimum absolute atomic E-state index is 0.0350. The van der Waals surface area contributed by atoms with Gasteiger partial charge in [-0.25, -0.2) is 9.78 Å². The van der Waals surface area contributed by atoms with E-state index in [9.17, 15) is 9.59 Å². The number of thiazole rings is 1. The highest BCUT2D eigenvalue weighted by atomic mass is 32.1. The van der Waals surface area contributed by atoms with Crippen molar-refractivity contribution in [3.05, 3.63) is 84.2 Å². The van der Waals surface area contributed by atoms with Gasteiger partial charge < -0.3 is 4.74 Å². The second-order valence-electron chi connectivity index (χ2n) is 7.45. The van der Waals surface area contributed by atoms with Crippen LogP contribution in [0.1, 0.15) is 38.6 Å². The van der Waals surface area contributed by atoms with Crippen LogP contribution in [0.4, 0.5) is 0 Å². The molecule has 1 aromatic carbocycles. The zero-order chi connectivity index (χ0) is 21.4. The van der Waals surface area contributed by atoms with E-state index < -0.39 is 0 Å². The molecule has 5 nitrogen and oxygen atoms in total. The van der Waals surface area contributed by atoms with Crippen molar-refractivity contribution < 1.29 is 9.53 Å². The number of hydrogen-bond acceptors (Lipinski definition) is 6. The largest absolute Gasteiger partial charge is 0.460 e. The molecule has 31 heavy (non-hydrogen) atoms. The molecule has 3 heterocycles. The summed E-state index contributed by atoms with van der Waals surface area (Å²) in [5.74, 6) is -0.354. The van der Waals surface area contributed by atoms with Gasteiger partial charge in [0.15, 0.2) is 0 Å². The molecule has 1 aliphatic carbocycles. The van der Waals surface area contributed by atoms with Gasteiger partial charge in [0, 0.05) is 21.3 Å². The molecule has 156 valence electrons. The molecule has 0 aliphatic heterocycles. The average molecular weight is 449 g/mol. The number of ether oxygens (including phenoxy) is 1. The van der Waals surface area contributed by atoms with E-state index in [0.717, 1.165) is 57.6 Å². The van der Waals surface area contributed by atoms with Crippen molar-refractivity contribution in [2.75, 3.05) is 6.61 Å². The summed E-state index contributed by atoms with van der Waals surface area (Å²) in [6, 6.07) is 11.8. The van der Waals surface area contributed by atoms with E-state index in [-0.39, 0.29) is 17.4 Å². The van der Waals surface area contributed by atoms with Crippen LogP contribution in [0.25, 0.3) is 22.6 Å². The zero-order valence-corrected chi connectivity index (χ0v) is 18.6. The molecule has 0 amide bonds. The van der Waals surface area contributed by atoms with Crippen molar-refractivity contribution in [3.63, 3.8) is 0 Å². The lowest BCUT2D eigenvalue weighted by atomic mass is 10.0. The zero-order valence-electron chi connectivity index (χ0n) is 17.0. The predicted octanol–water partition coefficient (Wildman–Crippen LogP) is 5.17. The Kier molecular flexibility index (Phi) is 5.29. The Labute approximate surface area is 187 Å². The highest BCUT2D eigenvalue weighted by Crippen LogP contribution is 2.38. The highest BCUT2D eigenvalue weighted by molar-refractivity contribution is 7.10. The number of thiophene rings is 1. The number of fused-ring (bicyclic) bond motifs is 2. The van der Waals surface area contributed by atoms with Crippen molar-refractivity contribution >= 4 is 51.2 Å². The van der Waals surface area contributed by atoms with Gasteiger partial charge in [0.25, 0.3) is 0 Å². The van der Waals surface area contributed by atoms with Gasteiger partial charge in [-0.1, -0.05) is 35.6 Å². The maximum Gasteiger partial charge on any atom is 0.339 e. The Morgan fingerprint density at radius 3 is 2.84 bits per heavy atom. The standard InChI is InChI=1S/C24H20N2O3S2/c1-15-14-31-24(28)26(15)10-11-29-23(27)21-18-6-2-3-7-20(18)25-22-16(8-9-19(21)22)13-17-5-4-12-30-17/h2-7,12-14H,8-11H2,1H3/b16-13+. The van der Waals surface area contributed by atoms with E-state index in [1.807, 2.05) is 42.6 Å². The van der Waals surface area contributed by atoms with Crippen molar-refractivity contribution in [1.82, 2.24) is 9.55 Å². The Bertz CT molecular complexity index is 1360. The molecule has 5 rings (SSSR count). The number of nitrogens with zero attached hydrogens (tertiary/aromatic N) is 2. The van der Waals surface area contributed by atoms with Gasteiger partial charge in [-0.05, 0) is 54.5 Å². The first kappa shape index (κ1) is 19.9. The van der Waals surface area contributed by atoms with Crippen molar-refractivity contribution in [2.24, 2.45) is 0 Å². The van der Waals surface area contributed by atoms with Crippen LogP contribution in [0.3, 0.4) is 0 Å². The molecule has 0 fully saturated rings. The molecular weight excluding hydrogens is 428 g/mol. The van der Waals surface area contributed by atoms with Crippen LogP contribution >= 0.6 is 22.7 Å². The van der Waals surface area contributed by atoms with Crippen LogP contribution < -0.4 is 4.87 Å². The van der Waals surface area contributed by atoms with Crippen molar-refractivity contribution in [1.29, 1.82) is 0 Å². The molecule has 4 aromatic rings. The highest BCUT2D eigenvalue weighted by Gasteiger charge is 2.27. The summed E-state index contributed by atoms with van der Waals surface area (Å²) < 4.78 is 7.28. The smallest absolute Gasteiger partial charge is 0.339 e. The second kappa shape index (κ2) is 8.24. The summed E-state index contributed by atoms with van der Waals surface area (Å²) in [5, 5.41) is 4.68. The molecule has 0 radical (unpaired) electrons. The third-order valence-electron chi connectivity index (χ3n) is 5.53. The first-order valence-electron chi connectivity index (χ1n) is 10.1. The predicted molar refractivity (Wildman–Crippen MR) is 126 cm³/mol. The van der Waals surface area contributed by atoms with Gasteiger partial charge >= 0.3 is 10.8 Å². The number of aromatic nitrogens is 2. The maximum absolute atomic E-state index is 13.2. The van der Waals surface area contributed by atoms with Crippen LogP contribution in [0.15, 0.2) is 52.0 Å². The molecular formula is C24H20N2O3S2. The van der Waals surface area contributed by atoms with E-state index in [1.165, 1.54) is 4.88 Å². The number of carbonyl (C=O) groups excluding carboxylic acids is 1. The summed E-state index contributed by atoms with van der Waals surface area (Å²) in [4.78, 5) is 31.1. The number of allylic oxidation sites excluding steroid dienone is 1. The molecule has 0 saturated carbocycles. The molecule has 0 spiro atoms. The lowest BCUT2D eigenvalue weighted by Gasteiger charge is -2.13. The fourth-order valence-electron chi connectivity index (χ4n) is 4.03. The van der Waals surface area contributed by atoms with Gasteiger partial charge in [-0.2, -0.15) is 0 Å². The van der Waals surface area contributed by atoms with Crippen molar-refractivity contribution in [3.8, 4) is 0 Å². The minimum Gasteiger partial charge on any atom is -0.460 e. The quantitative estimate of drug-likeness (QED) is 0.395. The molecule has 1 aliphatic rings. The van der Waals surface area contributed by atoms with Gasteiger partial charge in [0.05, 0.1) is 23.3 Å². The van der Waals surface area contributed by atoms with Crippen LogP contribution in [0, 0.1) is 6.92 Å². The third-order valence-corrected chi connectivity index (χ3v) is 7.23. The maximum atomic E-state index is 13.2. The number of pyridine rings is 1. The topological polar surface area (TPSA) is 61.2 Å². The van der Waals surface area contributed by atoms with Crippen LogP contribution in [0.5, 0.6) is 0 Å². The van der Waals surface area contributed by atoms with E-state index in [1.54, 1.807) is 15.9 Å². The van der Waals surface area contributed by atoms with Crippen LogP contribution in [-0.2, 0) is 17.7 Å². The number of carbonyl (C=O) groups is 1. The molecule has 0 saturated heterocycles. The Hall–Kier alpha value is -3.03. The van der Waals surface area contributed by atoms with Gasteiger partial charge in [0.1, 0.15) is 6.61 Å². The van der Waals surface area contributed by atoms with Crippen molar-refractivity contribution in [2.45, 2.75) is 26.3 Å². The molecule has 3 aromatic heterocycles. The molecule has 7 heteroatoms. The van der Waals surface area contributed by atoms with E-state index in [2.05, 4.69) is 17.5 Å².